The van der Waals surface area contributed by atoms with Crippen molar-refractivity contribution in [3.63, 3.8) is 0 Å². The van der Waals surface area contributed by atoms with Gasteiger partial charge >= 0.3 is 18.2 Å². The number of carbonyl (C=O) groups excluding carboxylic acids is 4. The number of nitrogens with one attached hydrogen (secondary N) is 1. The van der Waals surface area contributed by atoms with Crippen molar-refractivity contribution in [3.8, 4) is 0 Å². The number of amides is 3. The van der Waals surface area contributed by atoms with Gasteiger partial charge in [0.1, 0.15) is 11.2 Å². The van der Waals surface area contributed by atoms with Crippen molar-refractivity contribution in [2.45, 2.75) is 52.7 Å². The van der Waals surface area contributed by atoms with Gasteiger partial charge in [-0.15, -0.1) is 0 Å². The molecule has 0 aliphatic carbocycles. The zero-order valence-corrected chi connectivity index (χ0v) is 22.3. The van der Waals surface area contributed by atoms with Crippen molar-refractivity contribution >= 4 is 51.4 Å². The fraction of sp³-hybridized carbons (Fsp3) is 0.360. The monoisotopic (exact) mass is 548 g/mol. The van der Waals surface area contributed by atoms with Crippen molar-refractivity contribution < 1.29 is 33.4 Å². The van der Waals surface area contributed by atoms with E-state index in [0.29, 0.717) is 14.9 Å². The van der Waals surface area contributed by atoms with Crippen molar-refractivity contribution in [1.29, 1.82) is 0 Å². The molecule has 2 aromatic carbocycles. The SMILES string of the molecule is COC(=O)c1cc(Br)c(NC(=O)c2ccccc2)cc1N(C(=O)OC(C)(C)C)C(=O)OC(C)(C)C. The second-order valence-corrected chi connectivity index (χ2v) is 10.3. The molecule has 0 saturated heterocycles. The minimum atomic E-state index is -1.07. The van der Waals surface area contributed by atoms with Crippen LogP contribution in [0.4, 0.5) is 21.0 Å². The second-order valence-electron chi connectivity index (χ2n) is 9.46. The van der Waals surface area contributed by atoms with Crippen LogP contribution in [0, 0.1) is 0 Å². The number of hydrogen-bond donors (Lipinski definition) is 1. The number of carbonyl (C=O) groups is 4. The standard InChI is InChI=1S/C25H29BrN2O7/c1-24(2,3)34-22(31)28(23(32)35-25(4,5)6)19-14-18(17(26)13-16(19)21(30)33-7)27-20(29)15-11-9-8-10-12-15/h8-14H,1-7H3,(H,27,29). The molecule has 2 rings (SSSR count). The van der Waals surface area contributed by atoms with Crippen LogP contribution in [0.25, 0.3) is 0 Å². The molecule has 3 amide bonds. The summed E-state index contributed by atoms with van der Waals surface area (Å²) < 4.78 is 16.0. The number of ether oxygens (including phenoxy) is 3. The fourth-order valence-electron chi connectivity index (χ4n) is 2.79. The molecule has 0 unspecified atom stereocenters. The van der Waals surface area contributed by atoms with Crippen LogP contribution in [0.1, 0.15) is 62.3 Å². The Morgan fingerprint density at radius 3 is 1.83 bits per heavy atom. The topological polar surface area (TPSA) is 111 Å². The van der Waals surface area contributed by atoms with Gasteiger partial charge in [0.15, 0.2) is 0 Å². The molecule has 1 N–H and O–H groups in total. The van der Waals surface area contributed by atoms with E-state index >= 15 is 0 Å². The molecule has 2 aromatic rings. The van der Waals surface area contributed by atoms with E-state index in [-0.39, 0.29) is 16.9 Å². The summed E-state index contributed by atoms with van der Waals surface area (Å²) in [7, 11) is 1.16. The van der Waals surface area contributed by atoms with E-state index in [1.807, 2.05) is 0 Å². The highest BCUT2D eigenvalue weighted by Gasteiger charge is 2.36. The lowest BCUT2D eigenvalue weighted by Gasteiger charge is -2.29. The first-order valence-electron chi connectivity index (χ1n) is 10.7. The maximum absolute atomic E-state index is 13.1. The number of imide groups is 1. The maximum Gasteiger partial charge on any atom is 0.424 e. The highest BCUT2D eigenvalue weighted by atomic mass is 79.9. The molecule has 0 aromatic heterocycles. The number of nitrogens with zero attached hydrogens (tertiary/aromatic N) is 1. The number of benzene rings is 2. The Hall–Kier alpha value is -3.40. The van der Waals surface area contributed by atoms with Gasteiger partial charge < -0.3 is 19.5 Å². The first kappa shape index (κ1) is 27.8. The van der Waals surface area contributed by atoms with Gasteiger partial charge in [-0.25, -0.2) is 14.4 Å². The van der Waals surface area contributed by atoms with E-state index in [9.17, 15) is 19.2 Å². The molecule has 0 aliphatic rings. The van der Waals surface area contributed by atoms with Gasteiger partial charge in [0.05, 0.1) is 24.0 Å². The number of methoxy groups -OCH3 is 1. The smallest absolute Gasteiger partial charge is 0.424 e. The Morgan fingerprint density at radius 1 is 0.857 bits per heavy atom. The molecule has 0 atom stereocenters. The fourth-order valence-corrected chi connectivity index (χ4v) is 3.23. The third-order valence-electron chi connectivity index (χ3n) is 4.17. The van der Waals surface area contributed by atoms with E-state index in [2.05, 4.69) is 21.2 Å². The normalized spacial score (nSPS) is 11.3. The van der Waals surface area contributed by atoms with Crippen LogP contribution in [-0.4, -0.2) is 42.4 Å². The molecular formula is C25H29BrN2O7. The minimum absolute atomic E-state index is 0.131. The lowest BCUT2D eigenvalue weighted by atomic mass is 10.1. The molecule has 0 aliphatic heterocycles. The molecule has 0 fully saturated rings. The minimum Gasteiger partial charge on any atom is -0.465 e. The van der Waals surface area contributed by atoms with Crippen LogP contribution < -0.4 is 10.2 Å². The molecule has 0 radical (unpaired) electrons. The highest BCUT2D eigenvalue weighted by Crippen LogP contribution is 2.34. The Kier molecular flexibility index (Phi) is 8.67. The summed E-state index contributed by atoms with van der Waals surface area (Å²) in [6.07, 6.45) is -2.14. The summed E-state index contributed by atoms with van der Waals surface area (Å²) in [6, 6.07) is 11.1. The average Bonchev–Trinajstić information content (AvgIpc) is 2.73. The van der Waals surface area contributed by atoms with Gasteiger partial charge in [-0.05, 0) is 81.7 Å². The summed E-state index contributed by atoms with van der Waals surface area (Å²) in [5, 5.41) is 2.71. The number of esters is 1. The maximum atomic E-state index is 13.1. The first-order valence-corrected chi connectivity index (χ1v) is 11.5. The van der Waals surface area contributed by atoms with Gasteiger partial charge in [0.2, 0.25) is 0 Å². The molecule has 35 heavy (non-hydrogen) atoms. The van der Waals surface area contributed by atoms with Crippen LogP contribution in [0.3, 0.4) is 0 Å². The van der Waals surface area contributed by atoms with Crippen molar-refractivity contribution in [1.82, 2.24) is 0 Å². The van der Waals surface area contributed by atoms with Crippen LogP contribution in [0.5, 0.6) is 0 Å². The van der Waals surface area contributed by atoms with Crippen LogP contribution in [0.2, 0.25) is 0 Å². The molecule has 0 bridgehead atoms. The second kappa shape index (κ2) is 10.9. The first-order chi connectivity index (χ1) is 16.1. The largest absolute Gasteiger partial charge is 0.465 e. The van der Waals surface area contributed by atoms with Crippen LogP contribution in [0.15, 0.2) is 46.9 Å². The van der Waals surface area contributed by atoms with Gasteiger partial charge in [-0.1, -0.05) is 18.2 Å². The van der Waals surface area contributed by atoms with Crippen LogP contribution >= 0.6 is 15.9 Å². The molecule has 10 heteroatoms. The Morgan fingerprint density at radius 2 is 1.37 bits per heavy atom. The summed E-state index contributed by atoms with van der Waals surface area (Å²) in [4.78, 5) is 52.2. The number of anilines is 2. The van der Waals surface area contributed by atoms with E-state index in [4.69, 9.17) is 14.2 Å². The van der Waals surface area contributed by atoms with Gasteiger partial charge in [0.25, 0.3) is 5.91 Å². The quantitative estimate of drug-likeness (QED) is 0.359. The third-order valence-corrected chi connectivity index (χ3v) is 4.82. The summed E-state index contributed by atoms with van der Waals surface area (Å²) in [5.74, 6) is -1.26. The highest BCUT2D eigenvalue weighted by molar-refractivity contribution is 9.10. The number of hydrogen-bond acceptors (Lipinski definition) is 7. The third kappa shape index (κ3) is 7.81. The number of halogens is 1. The van der Waals surface area contributed by atoms with Crippen molar-refractivity contribution in [2.24, 2.45) is 0 Å². The summed E-state index contributed by atoms with van der Waals surface area (Å²) in [5.41, 5.74) is -1.65. The van der Waals surface area contributed by atoms with Crippen molar-refractivity contribution in [3.05, 3.63) is 58.1 Å². The molecular weight excluding hydrogens is 520 g/mol. The molecule has 0 heterocycles. The zero-order chi connectivity index (χ0) is 26.6. The van der Waals surface area contributed by atoms with Crippen molar-refractivity contribution in [2.75, 3.05) is 17.3 Å². The average molecular weight is 549 g/mol. The van der Waals surface area contributed by atoms with Gasteiger partial charge in [-0.3, -0.25) is 4.79 Å². The van der Waals surface area contributed by atoms with E-state index in [0.717, 1.165) is 7.11 Å². The molecule has 188 valence electrons. The molecule has 0 saturated carbocycles. The Bertz CT molecular complexity index is 1090. The van der Waals surface area contributed by atoms with E-state index < -0.39 is 35.3 Å². The lowest BCUT2D eigenvalue weighted by molar-refractivity contribution is 0.0430. The number of rotatable bonds is 4. The Labute approximate surface area is 212 Å². The summed E-state index contributed by atoms with van der Waals surface area (Å²) >= 11 is 3.33. The van der Waals surface area contributed by atoms with Crippen LogP contribution in [-0.2, 0) is 14.2 Å². The molecule has 9 nitrogen and oxygen atoms in total. The predicted octanol–water partition coefficient (Wildman–Crippen LogP) is 6.16. The predicted molar refractivity (Wildman–Crippen MR) is 135 cm³/mol. The zero-order valence-electron chi connectivity index (χ0n) is 20.7. The Balaban J connectivity index is 2.67. The summed E-state index contributed by atoms with van der Waals surface area (Å²) in [6.45, 7) is 9.79. The molecule has 0 spiro atoms. The van der Waals surface area contributed by atoms with Gasteiger partial charge in [0, 0.05) is 10.0 Å². The van der Waals surface area contributed by atoms with E-state index in [1.165, 1.54) is 12.1 Å². The van der Waals surface area contributed by atoms with E-state index in [1.54, 1.807) is 71.9 Å². The van der Waals surface area contributed by atoms with Gasteiger partial charge in [-0.2, -0.15) is 4.90 Å². The lowest BCUT2D eigenvalue weighted by Crippen LogP contribution is -2.44.